The lowest BCUT2D eigenvalue weighted by molar-refractivity contribution is 0.733. The second-order valence-electron chi connectivity index (χ2n) is 3.80. The summed E-state index contributed by atoms with van der Waals surface area (Å²) in [7, 11) is 0. The molecule has 1 aromatic heterocycles. The minimum absolute atomic E-state index is 0.720. The zero-order chi connectivity index (χ0) is 12.4. The number of aromatic nitrogens is 3. The highest BCUT2D eigenvalue weighted by Crippen LogP contribution is 2.28. The molecule has 3 nitrogen and oxygen atoms in total. The molecule has 1 aromatic carbocycles. The molecule has 0 unspecified atom stereocenters. The molecule has 2 rings (SSSR count). The van der Waals surface area contributed by atoms with Gasteiger partial charge in [-0.2, -0.15) is 0 Å². The summed E-state index contributed by atoms with van der Waals surface area (Å²) in [6.45, 7) is 5.04. The number of halogens is 2. The molecule has 0 radical (unpaired) electrons. The molecule has 0 N–H and O–H groups in total. The van der Waals surface area contributed by atoms with E-state index in [0.717, 1.165) is 33.6 Å². The van der Waals surface area contributed by atoms with Crippen LogP contribution < -0.4 is 0 Å². The molecule has 90 valence electrons. The van der Waals surface area contributed by atoms with Crippen LogP contribution in [0.3, 0.4) is 0 Å². The van der Waals surface area contributed by atoms with Crippen LogP contribution in [-0.4, -0.2) is 14.8 Å². The maximum absolute atomic E-state index is 4.27. The minimum atomic E-state index is 0.720. The average Bonchev–Trinajstić information content (AvgIpc) is 2.71. The third-order valence-electron chi connectivity index (χ3n) is 2.63. The first-order valence-electron chi connectivity index (χ1n) is 5.42. The molecule has 2 aromatic rings. The van der Waals surface area contributed by atoms with Gasteiger partial charge in [0.25, 0.3) is 0 Å². The van der Waals surface area contributed by atoms with Crippen molar-refractivity contribution in [3.8, 4) is 11.4 Å². The second-order valence-corrected chi connectivity index (χ2v) is 5.22. The number of hydrogen-bond acceptors (Lipinski definition) is 2. The van der Waals surface area contributed by atoms with Gasteiger partial charge in [0, 0.05) is 16.6 Å². The van der Waals surface area contributed by atoms with Crippen LogP contribution in [0.2, 0.25) is 0 Å². The van der Waals surface area contributed by atoms with E-state index >= 15 is 0 Å². The van der Waals surface area contributed by atoms with E-state index in [4.69, 9.17) is 0 Å². The number of benzene rings is 1. The van der Waals surface area contributed by atoms with Crippen molar-refractivity contribution in [1.82, 2.24) is 14.8 Å². The Balaban J connectivity index is 2.56. The molecule has 0 aliphatic rings. The van der Waals surface area contributed by atoms with Crippen molar-refractivity contribution in [2.75, 3.05) is 0 Å². The van der Waals surface area contributed by atoms with Gasteiger partial charge in [0.15, 0.2) is 5.82 Å². The van der Waals surface area contributed by atoms with Crippen molar-refractivity contribution in [3.05, 3.63) is 34.1 Å². The van der Waals surface area contributed by atoms with Crippen molar-refractivity contribution in [3.63, 3.8) is 0 Å². The molecule has 0 aliphatic heterocycles. The van der Waals surface area contributed by atoms with Gasteiger partial charge in [-0.15, -0.1) is 10.2 Å². The molecule has 17 heavy (non-hydrogen) atoms. The molecule has 0 atom stereocenters. The average molecular weight is 359 g/mol. The largest absolute Gasteiger partial charge is 0.311 e. The highest BCUT2D eigenvalue weighted by molar-refractivity contribution is 9.10. The molecule has 0 saturated carbocycles. The topological polar surface area (TPSA) is 30.7 Å². The van der Waals surface area contributed by atoms with Crippen LogP contribution in [0.25, 0.3) is 11.4 Å². The number of aryl methyl sites for hydroxylation is 1. The highest BCUT2D eigenvalue weighted by atomic mass is 79.9. The van der Waals surface area contributed by atoms with E-state index in [2.05, 4.69) is 78.7 Å². The van der Waals surface area contributed by atoms with Crippen molar-refractivity contribution in [2.24, 2.45) is 0 Å². The summed E-state index contributed by atoms with van der Waals surface area (Å²) in [5, 5.41) is 9.18. The lowest BCUT2D eigenvalue weighted by atomic mass is 10.1. The molecule has 0 bridgehead atoms. The Morgan fingerprint density at radius 1 is 1.29 bits per heavy atom. The Kier molecular flexibility index (Phi) is 3.99. The van der Waals surface area contributed by atoms with Crippen LogP contribution in [0.5, 0.6) is 0 Å². The Labute approximate surface area is 118 Å². The fourth-order valence-corrected chi connectivity index (χ4v) is 2.85. The maximum atomic E-state index is 4.27. The van der Waals surface area contributed by atoms with Crippen LogP contribution >= 0.6 is 31.9 Å². The molecular weight excluding hydrogens is 346 g/mol. The lowest BCUT2D eigenvalue weighted by Crippen LogP contribution is -2.02. The Morgan fingerprint density at radius 3 is 2.65 bits per heavy atom. The molecule has 0 amide bonds. The van der Waals surface area contributed by atoms with Gasteiger partial charge in [-0.1, -0.05) is 37.9 Å². The number of rotatable bonds is 3. The minimum Gasteiger partial charge on any atom is -0.311 e. The molecule has 0 aliphatic carbocycles. The van der Waals surface area contributed by atoms with E-state index in [9.17, 15) is 0 Å². The predicted molar refractivity (Wildman–Crippen MR) is 76.2 cm³/mol. The summed E-state index contributed by atoms with van der Waals surface area (Å²) in [4.78, 5) is 0. The lowest BCUT2D eigenvalue weighted by Gasteiger charge is -2.08. The zero-order valence-corrected chi connectivity index (χ0v) is 12.9. The highest BCUT2D eigenvalue weighted by Gasteiger charge is 2.13. The SMILES string of the molecule is CCn1c(CBr)nnc1-c1ccc(C)cc1Br. The predicted octanol–water partition coefficient (Wildman–Crippen LogP) is 3.93. The van der Waals surface area contributed by atoms with E-state index in [0.29, 0.717) is 0 Å². The summed E-state index contributed by atoms with van der Waals surface area (Å²) in [6, 6.07) is 6.26. The van der Waals surface area contributed by atoms with E-state index in [1.807, 2.05) is 0 Å². The smallest absolute Gasteiger partial charge is 0.165 e. The summed E-state index contributed by atoms with van der Waals surface area (Å²) in [6.07, 6.45) is 0. The first kappa shape index (κ1) is 12.8. The molecule has 0 spiro atoms. The van der Waals surface area contributed by atoms with Gasteiger partial charge in [0.1, 0.15) is 5.82 Å². The second kappa shape index (κ2) is 5.31. The van der Waals surface area contributed by atoms with Gasteiger partial charge in [-0.3, -0.25) is 0 Å². The van der Waals surface area contributed by atoms with Crippen LogP contribution in [-0.2, 0) is 11.9 Å². The first-order valence-corrected chi connectivity index (χ1v) is 7.33. The molecule has 0 saturated heterocycles. The normalized spacial score (nSPS) is 10.8. The van der Waals surface area contributed by atoms with Crippen LogP contribution in [0.15, 0.2) is 22.7 Å². The molecule has 5 heteroatoms. The monoisotopic (exact) mass is 357 g/mol. The van der Waals surface area contributed by atoms with Crippen LogP contribution in [0, 0.1) is 6.92 Å². The van der Waals surface area contributed by atoms with Gasteiger partial charge in [0.2, 0.25) is 0 Å². The van der Waals surface area contributed by atoms with E-state index < -0.39 is 0 Å². The van der Waals surface area contributed by atoms with Gasteiger partial charge in [0.05, 0.1) is 5.33 Å². The van der Waals surface area contributed by atoms with Crippen LogP contribution in [0.4, 0.5) is 0 Å². The molecule has 1 heterocycles. The standard InChI is InChI=1S/C12H13Br2N3/c1-3-17-11(7-13)15-16-12(17)9-5-4-8(2)6-10(9)14/h4-6H,3,7H2,1-2H3. The van der Waals surface area contributed by atoms with Gasteiger partial charge < -0.3 is 4.57 Å². The zero-order valence-electron chi connectivity index (χ0n) is 9.74. The fourth-order valence-electron chi connectivity index (χ4n) is 1.77. The third kappa shape index (κ3) is 2.45. The van der Waals surface area contributed by atoms with E-state index in [1.165, 1.54) is 5.56 Å². The quantitative estimate of drug-likeness (QED) is 0.778. The molecule has 0 fully saturated rings. The van der Waals surface area contributed by atoms with Crippen LogP contribution in [0.1, 0.15) is 18.3 Å². The van der Waals surface area contributed by atoms with Gasteiger partial charge >= 0.3 is 0 Å². The van der Waals surface area contributed by atoms with Crippen molar-refractivity contribution in [2.45, 2.75) is 25.7 Å². The Bertz CT molecular complexity index is 535. The van der Waals surface area contributed by atoms with Crippen molar-refractivity contribution < 1.29 is 0 Å². The van der Waals surface area contributed by atoms with E-state index in [-0.39, 0.29) is 0 Å². The van der Waals surface area contributed by atoms with Gasteiger partial charge in [-0.25, -0.2) is 0 Å². The fraction of sp³-hybridized carbons (Fsp3) is 0.333. The Morgan fingerprint density at radius 2 is 2.06 bits per heavy atom. The van der Waals surface area contributed by atoms with Crippen molar-refractivity contribution >= 4 is 31.9 Å². The van der Waals surface area contributed by atoms with Crippen molar-refractivity contribution in [1.29, 1.82) is 0 Å². The summed E-state index contributed by atoms with van der Waals surface area (Å²) < 4.78 is 3.17. The van der Waals surface area contributed by atoms with Gasteiger partial charge in [-0.05, 0) is 31.5 Å². The molecular formula is C12H13Br2N3. The van der Waals surface area contributed by atoms with E-state index in [1.54, 1.807) is 0 Å². The Hall–Kier alpha value is -0.680. The maximum Gasteiger partial charge on any atom is 0.165 e. The third-order valence-corrected chi connectivity index (χ3v) is 3.79. The number of hydrogen-bond donors (Lipinski definition) is 0. The summed E-state index contributed by atoms with van der Waals surface area (Å²) in [5.41, 5.74) is 2.31. The summed E-state index contributed by atoms with van der Waals surface area (Å²) in [5.74, 6) is 1.86. The number of nitrogens with zero attached hydrogens (tertiary/aromatic N) is 3. The first-order chi connectivity index (χ1) is 8.17. The summed E-state index contributed by atoms with van der Waals surface area (Å²) >= 11 is 7.02. The number of alkyl halides is 1.